The van der Waals surface area contributed by atoms with Gasteiger partial charge in [0, 0.05) is 13.2 Å². The van der Waals surface area contributed by atoms with Gasteiger partial charge in [0.2, 0.25) is 0 Å². The Morgan fingerprint density at radius 1 is 1.21 bits per heavy atom. The quantitative estimate of drug-likeness (QED) is 0.627. The summed E-state index contributed by atoms with van der Waals surface area (Å²) in [6.45, 7) is 5.67. The van der Waals surface area contributed by atoms with Gasteiger partial charge in [-0.1, -0.05) is 42.5 Å². The second kappa shape index (κ2) is 9.19. The first-order chi connectivity index (χ1) is 6.72. The highest BCUT2D eigenvalue weighted by Gasteiger charge is 1.89. The zero-order valence-electron chi connectivity index (χ0n) is 8.56. The van der Waals surface area contributed by atoms with Crippen molar-refractivity contribution in [3.05, 3.63) is 35.9 Å². The predicted molar refractivity (Wildman–Crippen MR) is 69.3 cm³/mol. The lowest BCUT2D eigenvalue weighted by Crippen LogP contribution is -1.84. The number of hydrogen-bond acceptors (Lipinski definition) is 2. The highest BCUT2D eigenvalue weighted by molar-refractivity contribution is 8.11. The van der Waals surface area contributed by atoms with Crippen LogP contribution in [0.5, 0.6) is 0 Å². The molecule has 0 spiro atoms. The molecule has 1 rings (SSSR count). The van der Waals surface area contributed by atoms with E-state index in [9.17, 15) is 0 Å². The van der Waals surface area contributed by atoms with Crippen LogP contribution in [0.3, 0.4) is 0 Å². The van der Waals surface area contributed by atoms with E-state index >= 15 is 0 Å². The minimum Gasteiger partial charge on any atom is -0.382 e. The van der Waals surface area contributed by atoms with Gasteiger partial charge in [0.1, 0.15) is 0 Å². The van der Waals surface area contributed by atoms with Gasteiger partial charge >= 0.3 is 0 Å². The third-order valence-electron chi connectivity index (χ3n) is 1.43. The Bertz CT molecular complexity index is 245. The molecule has 3 heteroatoms. The van der Waals surface area contributed by atoms with Gasteiger partial charge in [-0.2, -0.15) is 0 Å². The number of ether oxygens (including phenoxy) is 1. The number of thiol groups is 1. The van der Waals surface area contributed by atoms with Crippen molar-refractivity contribution >= 4 is 29.0 Å². The van der Waals surface area contributed by atoms with Crippen LogP contribution in [0.25, 0.3) is 0 Å². The molecule has 0 heterocycles. The molecule has 0 fully saturated rings. The van der Waals surface area contributed by atoms with Gasteiger partial charge in [0.05, 0.1) is 4.20 Å². The molecule has 0 aliphatic rings. The van der Waals surface area contributed by atoms with Gasteiger partial charge in [0.15, 0.2) is 0 Å². The van der Waals surface area contributed by atoms with E-state index in [1.807, 2.05) is 44.2 Å². The Balaban J connectivity index is 0.000000292. The van der Waals surface area contributed by atoms with Crippen molar-refractivity contribution < 1.29 is 4.74 Å². The van der Waals surface area contributed by atoms with E-state index in [-0.39, 0.29) is 0 Å². The Kier molecular flexibility index (Phi) is 8.94. The summed E-state index contributed by atoms with van der Waals surface area (Å²) in [6, 6.07) is 9.72. The number of rotatable bonds is 3. The minimum atomic E-state index is 0.649. The molecule has 1 aromatic rings. The van der Waals surface area contributed by atoms with Crippen molar-refractivity contribution in [2.75, 3.05) is 13.2 Å². The lowest BCUT2D eigenvalue weighted by molar-refractivity contribution is 0.162. The van der Waals surface area contributed by atoms with E-state index in [1.165, 1.54) is 0 Å². The van der Waals surface area contributed by atoms with Crippen molar-refractivity contribution in [3.63, 3.8) is 0 Å². The van der Waals surface area contributed by atoms with Gasteiger partial charge in [-0.15, -0.1) is 12.6 Å². The third kappa shape index (κ3) is 7.06. The van der Waals surface area contributed by atoms with Crippen LogP contribution >= 0.6 is 24.8 Å². The second-order valence-corrected chi connectivity index (χ2v) is 3.61. The molecule has 0 aliphatic heterocycles. The van der Waals surface area contributed by atoms with Crippen molar-refractivity contribution in [2.45, 2.75) is 13.8 Å². The molecule has 0 N–H and O–H groups in total. The summed E-state index contributed by atoms with van der Waals surface area (Å²) < 4.78 is 5.48. The number of benzene rings is 1. The number of thiocarbonyl (C=S) groups is 1. The van der Waals surface area contributed by atoms with Crippen LogP contribution in [-0.2, 0) is 4.74 Å². The summed E-state index contributed by atoms with van der Waals surface area (Å²) in [5.41, 5.74) is 1.01. The van der Waals surface area contributed by atoms with E-state index < -0.39 is 0 Å². The Hall–Kier alpha value is -0.380. The average Bonchev–Trinajstić information content (AvgIpc) is 2.21. The third-order valence-corrected chi connectivity index (χ3v) is 1.92. The molecule has 0 saturated heterocycles. The molecule has 1 aromatic carbocycles. The zero-order chi connectivity index (χ0) is 10.8. The summed E-state index contributed by atoms with van der Waals surface area (Å²) in [7, 11) is 0. The molecule has 0 aliphatic carbocycles. The van der Waals surface area contributed by atoms with Gasteiger partial charge in [-0.25, -0.2) is 0 Å². The SMILES string of the molecule is CCOCC.S=C(S)c1ccccc1. The average molecular weight is 228 g/mol. The maximum Gasteiger partial charge on any atom is 0.0747 e. The molecule has 0 bridgehead atoms. The fourth-order valence-electron chi connectivity index (χ4n) is 0.785. The summed E-state index contributed by atoms with van der Waals surface area (Å²) in [5, 5.41) is 0. The largest absolute Gasteiger partial charge is 0.382 e. The second-order valence-electron chi connectivity index (χ2n) is 2.45. The number of hydrogen-bond donors (Lipinski definition) is 1. The maximum absolute atomic E-state index is 4.83. The topological polar surface area (TPSA) is 9.23 Å². The molecule has 0 unspecified atom stereocenters. The van der Waals surface area contributed by atoms with Crippen LogP contribution in [-0.4, -0.2) is 17.4 Å². The summed E-state index contributed by atoms with van der Waals surface area (Å²) >= 11 is 8.85. The predicted octanol–water partition coefficient (Wildman–Crippen LogP) is 3.33. The fraction of sp³-hybridized carbons (Fsp3) is 0.364. The maximum atomic E-state index is 4.83. The van der Waals surface area contributed by atoms with Crippen molar-refractivity contribution in [1.82, 2.24) is 0 Å². The first kappa shape index (κ1) is 13.6. The monoisotopic (exact) mass is 228 g/mol. The van der Waals surface area contributed by atoms with E-state index in [1.54, 1.807) is 0 Å². The highest BCUT2D eigenvalue weighted by atomic mass is 32.1. The smallest absolute Gasteiger partial charge is 0.0747 e. The Morgan fingerprint density at radius 2 is 1.71 bits per heavy atom. The minimum absolute atomic E-state index is 0.649. The van der Waals surface area contributed by atoms with Gasteiger partial charge in [-0.05, 0) is 19.4 Å². The molecular weight excluding hydrogens is 212 g/mol. The first-order valence-electron chi connectivity index (χ1n) is 4.58. The van der Waals surface area contributed by atoms with E-state index in [0.717, 1.165) is 18.8 Å². The van der Waals surface area contributed by atoms with Crippen molar-refractivity contribution in [1.29, 1.82) is 0 Å². The van der Waals surface area contributed by atoms with E-state index in [4.69, 9.17) is 17.0 Å². The molecule has 0 saturated carbocycles. The molecule has 0 amide bonds. The Morgan fingerprint density at radius 3 is 1.93 bits per heavy atom. The summed E-state index contributed by atoms with van der Waals surface area (Å²) in [6.07, 6.45) is 0. The fourth-order valence-corrected chi connectivity index (χ4v) is 1.07. The van der Waals surface area contributed by atoms with Gasteiger partial charge < -0.3 is 4.74 Å². The molecule has 0 radical (unpaired) electrons. The van der Waals surface area contributed by atoms with Crippen LogP contribution in [0.15, 0.2) is 30.3 Å². The van der Waals surface area contributed by atoms with Crippen LogP contribution in [0, 0.1) is 0 Å². The van der Waals surface area contributed by atoms with Gasteiger partial charge in [-0.3, -0.25) is 0 Å². The normalized spacial score (nSPS) is 8.79. The highest BCUT2D eigenvalue weighted by Crippen LogP contribution is 2.02. The van der Waals surface area contributed by atoms with Crippen LogP contribution in [0.2, 0.25) is 0 Å². The van der Waals surface area contributed by atoms with Crippen LogP contribution in [0.1, 0.15) is 19.4 Å². The standard InChI is InChI=1S/C7H6S2.C4H10O/c8-7(9)6-4-2-1-3-5-6;1-3-5-4-2/h1-5H,(H,8,9);3-4H2,1-2H3. The van der Waals surface area contributed by atoms with Gasteiger partial charge in [0.25, 0.3) is 0 Å². The molecule has 0 aromatic heterocycles. The van der Waals surface area contributed by atoms with Crippen LogP contribution < -0.4 is 0 Å². The zero-order valence-corrected chi connectivity index (χ0v) is 10.3. The Labute approximate surface area is 96.9 Å². The first-order valence-corrected chi connectivity index (χ1v) is 5.44. The van der Waals surface area contributed by atoms with Crippen molar-refractivity contribution in [2.24, 2.45) is 0 Å². The van der Waals surface area contributed by atoms with E-state index in [2.05, 4.69) is 12.6 Å². The molecular formula is C11H16OS2. The van der Waals surface area contributed by atoms with E-state index in [0.29, 0.717) is 4.20 Å². The summed E-state index contributed by atoms with van der Waals surface area (Å²) in [4.78, 5) is 0. The van der Waals surface area contributed by atoms with Crippen molar-refractivity contribution in [3.8, 4) is 0 Å². The lowest BCUT2D eigenvalue weighted by atomic mass is 10.2. The van der Waals surface area contributed by atoms with Crippen LogP contribution in [0.4, 0.5) is 0 Å². The molecule has 0 atom stereocenters. The molecule has 78 valence electrons. The summed E-state index contributed by atoms with van der Waals surface area (Å²) in [5.74, 6) is 0. The molecule has 14 heavy (non-hydrogen) atoms. The molecule has 1 nitrogen and oxygen atoms in total. The lowest BCUT2D eigenvalue weighted by Gasteiger charge is -1.91.